The first-order valence-electron chi connectivity index (χ1n) is 7.24. The Labute approximate surface area is 124 Å². The van der Waals surface area contributed by atoms with E-state index in [4.69, 9.17) is 5.73 Å². The van der Waals surface area contributed by atoms with E-state index >= 15 is 0 Å². The molecule has 21 heavy (non-hydrogen) atoms. The SMILES string of the molecule is CCC(Nc1ccc(N)c2cccnc12)c1ccccc1. The Morgan fingerprint density at radius 1 is 1.05 bits per heavy atom. The molecule has 106 valence electrons. The minimum atomic E-state index is 0.264. The number of nitrogens with one attached hydrogen (secondary N) is 1. The molecule has 1 heterocycles. The second-order valence-corrected chi connectivity index (χ2v) is 5.12. The number of hydrogen-bond donors (Lipinski definition) is 2. The van der Waals surface area contributed by atoms with Gasteiger partial charge in [-0.15, -0.1) is 0 Å². The molecule has 0 fully saturated rings. The highest BCUT2D eigenvalue weighted by molar-refractivity contribution is 5.98. The lowest BCUT2D eigenvalue weighted by molar-refractivity contribution is 0.750. The third-order valence-corrected chi connectivity index (χ3v) is 3.74. The molecule has 0 saturated carbocycles. The van der Waals surface area contributed by atoms with E-state index in [1.807, 2.05) is 30.3 Å². The minimum Gasteiger partial charge on any atom is -0.398 e. The van der Waals surface area contributed by atoms with Gasteiger partial charge in [0.15, 0.2) is 0 Å². The number of anilines is 2. The summed E-state index contributed by atoms with van der Waals surface area (Å²) in [5.41, 5.74) is 10.0. The molecule has 2 aromatic carbocycles. The van der Waals surface area contributed by atoms with Crippen LogP contribution < -0.4 is 11.1 Å². The van der Waals surface area contributed by atoms with Crippen molar-refractivity contribution in [3.05, 3.63) is 66.4 Å². The Kier molecular flexibility index (Phi) is 3.73. The molecule has 3 rings (SSSR count). The fourth-order valence-electron chi connectivity index (χ4n) is 2.61. The molecular weight excluding hydrogens is 258 g/mol. The van der Waals surface area contributed by atoms with E-state index in [1.54, 1.807) is 6.20 Å². The first-order valence-corrected chi connectivity index (χ1v) is 7.24. The lowest BCUT2D eigenvalue weighted by Crippen LogP contribution is -2.10. The van der Waals surface area contributed by atoms with E-state index in [2.05, 4.69) is 41.5 Å². The summed E-state index contributed by atoms with van der Waals surface area (Å²) in [5, 5.41) is 4.59. The van der Waals surface area contributed by atoms with Crippen LogP contribution in [0.25, 0.3) is 10.9 Å². The maximum absolute atomic E-state index is 6.03. The Bertz CT molecular complexity index is 738. The van der Waals surface area contributed by atoms with Gasteiger partial charge in [-0.05, 0) is 36.2 Å². The molecule has 0 aliphatic heterocycles. The monoisotopic (exact) mass is 277 g/mol. The minimum absolute atomic E-state index is 0.264. The zero-order chi connectivity index (χ0) is 14.7. The summed E-state index contributed by atoms with van der Waals surface area (Å²) < 4.78 is 0. The molecule has 0 saturated heterocycles. The Morgan fingerprint density at radius 3 is 2.62 bits per heavy atom. The van der Waals surface area contributed by atoms with Crippen molar-refractivity contribution in [1.29, 1.82) is 0 Å². The van der Waals surface area contributed by atoms with E-state index in [9.17, 15) is 0 Å². The molecule has 0 aliphatic rings. The van der Waals surface area contributed by atoms with Gasteiger partial charge in [-0.2, -0.15) is 0 Å². The van der Waals surface area contributed by atoms with Crippen molar-refractivity contribution < 1.29 is 0 Å². The summed E-state index contributed by atoms with van der Waals surface area (Å²) >= 11 is 0. The Balaban J connectivity index is 1.99. The predicted octanol–water partition coefficient (Wildman–Crippen LogP) is 4.38. The van der Waals surface area contributed by atoms with Gasteiger partial charge < -0.3 is 11.1 Å². The highest BCUT2D eigenvalue weighted by Crippen LogP contribution is 2.30. The van der Waals surface area contributed by atoms with Crippen molar-refractivity contribution in [3.8, 4) is 0 Å². The maximum Gasteiger partial charge on any atom is 0.0954 e. The van der Waals surface area contributed by atoms with Crippen molar-refractivity contribution in [1.82, 2.24) is 4.98 Å². The number of fused-ring (bicyclic) bond motifs is 1. The van der Waals surface area contributed by atoms with Crippen LogP contribution in [0.5, 0.6) is 0 Å². The van der Waals surface area contributed by atoms with Crippen molar-refractivity contribution in [3.63, 3.8) is 0 Å². The van der Waals surface area contributed by atoms with Crippen molar-refractivity contribution in [2.45, 2.75) is 19.4 Å². The topological polar surface area (TPSA) is 50.9 Å². The second kappa shape index (κ2) is 5.83. The molecule has 1 aromatic heterocycles. The number of benzene rings is 2. The standard InChI is InChI=1S/C18H19N3/c1-2-16(13-7-4-3-5-8-13)21-17-11-10-15(19)14-9-6-12-20-18(14)17/h3-12,16,21H,2,19H2,1H3. The van der Waals surface area contributed by atoms with Gasteiger partial charge in [-0.3, -0.25) is 4.98 Å². The number of aromatic nitrogens is 1. The summed E-state index contributed by atoms with van der Waals surface area (Å²) in [4.78, 5) is 4.48. The molecule has 0 aliphatic carbocycles. The van der Waals surface area contributed by atoms with Crippen LogP contribution >= 0.6 is 0 Å². The first-order chi connectivity index (χ1) is 10.3. The van der Waals surface area contributed by atoms with Crippen LogP contribution in [0.1, 0.15) is 24.9 Å². The second-order valence-electron chi connectivity index (χ2n) is 5.12. The summed E-state index contributed by atoms with van der Waals surface area (Å²) in [6, 6.07) is 18.6. The quantitative estimate of drug-likeness (QED) is 0.696. The molecule has 3 heteroatoms. The largest absolute Gasteiger partial charge is 0.398 e. The molecule has 0 spiro atoms. The van der Waals surface area contributed by atoms with Crippen LogP contribution in [0.2, 0.25) is 0 Å². The van der Waals surface area contributed by atoms with E-state index in [0.717, 1.165) is 28.7 Å². The number of nitrogens with zero attached hydrogens (tertiary/aromatic N) is 1. The zero-order valence-corrected chi connectivity index (χ0v) is 12.1. The fourth-order valence-corrected chi connectivity index (χ4v) is 2.61. The Hall–Kier alpha value is -2.55. The molecular formula is C18H19N3. The molecule has 3 N–H and O–H groups in total. The van der Waals surface area contributed by atoms with Crippen LogP contribution in [0.15, 0.2) is 60.8 Å². The van der Waals surface area contributed by atoms with Crippen LogP contribution in [0, 0.1) is 0 Å². The summed E-state index contributed by atoms with van der Waals surface area (Å²) in [7, 11) is 0. The van der Waals surface area contributed by atoms with Gasteiger partial charge in [-0.25, -0.2) is 0 Å². The highest BCUT2D eigenvalue weighted by atomic mass is 14.9. The molecule has 1 atom stereocenters. The van der Waals surface area contributed by atoms with E-state index < -0.39 is 0 Å². The van der Waals surface area contributed by atoms with E-state index in [0.29, 0.717) is 0 Å². The van der Waals surface area contributed by atoms with Gasteiger partial charge in [0.25, 0.3) is 0 Å². The number of nitrogen functional groups attached to an aromatic ring is 1. The normalized spacial score (nSPS) is 12.2. The third kappa shape index (κ3) is 2.68. The number of pyridine rings is 1. The van der Waals surface area contributed by atoms with Crippen molar-refractivity contribution in [2.75, 3.05) is 11.1 Å². The van der Waals surface area contributed by atoms with Crippen LogP contribution in [0.3, 0.4) is 0 Å². The number of nitrogens with two attached hydrogens (primary N) is 1. The molecule has 3 aromatic rings. The lowest BCUT2D eigenvalue weighted by Gasteiger charge is -2.20. The zero-order valence-electron chi connectivity index (χ0n) is 12.1. The van der Waals surface area contributed by atoms with Crippen molar-refractivity contribution in [2.24, 2.45) is 0 Å². The third-order valence-electron chi connectivity index (χ3n) is 3.74. The van der Waals surface area contributed by atoms with Gasteiger partial charge >= 0.3 is 0 Å². The van der Waals surface area contributed by atoms with Crippen molar-refractivity contribution >= 4 is 22.3 Å². The average molecular weight is 277 g/mol. The summed E-state index contributed by atoms with van der Waals surface area (Å²) in [5.74, 6) is 0. The van der Waals surface area contributed by atoms with Gasteiger partial charge in [0.1, 0.15) is 0 Å². The molecule has 0 radical (unpaired) electrons. The van der Waals surface area contributed by atoms with E-state index in [1.165, 1.54) is 5.56 Å². The molecule has 0 bridgehead atoms. The smallest absolute Gasteiger partial charge is 0.0954 e. The van der Waals surface area contributed by atoms with Gasteiger partial charge in [0, 0.05) is 17.3 Å². The van der Waals surface area contributed by atoms with Crippen LogP contribution in [0.4, 0.5) is 11.4 Å². The van der Waals surface area contributed by atoms with E-state index in [-0.39, 0.29) is 6.04 Å². The molecule has 0 amide bonds. The summed E-state index contributed by atoms with van der Waals surface area (Å²) in [6.45, 7) is 2.18. The van der Waals surface area contributed by atoms with Gasteiger partial charge in [0.2, 0.25) is 0 Å². The predicted molar refractivity (Wildman–Crippen MR) is 89.3 cm³/mol. The average Bonchev–Trinajstić information content (AvgIpc) is 2.55. The maximum atomic E-state index is 6.03. The summed E-state index contributed by atoms with van der Waals surface area (Å²) in [6.07, 6.45) is 2.80. The van der Waals surface area contributed by atoms with Gasteiger partial charge in [0.05, 0.1) is 17.2 Å². The lowest BCUT2D eigenvalue weighted by atomic mass is 10.0. The van der Waals surface area contributed by atoms with Gasteiger partial charge in [-0.1, -0.05) is 37.3 Å². The molecule has 3 nitrogen and oxygen atoms in total. The first kappa shape index (κ1) is 13.4. The highest BCUT2D eigenvalue weighted by Gasteiger charge is 2.11. The Morgan fingerprint density at radius 2 is 1.86 bits per heavy atom. The molecule has 1 unspecified atom stereocenters. The van der Waals surface area contributed by atoms with Crippen LogP contribution in [-0.2, 0) is 0 Å². The fraction of sp³-hybridized carbons (Fsp3) is 0.167. The number of hydrogen-bond acceptors (Lipinski definition) is 3. The number of rotatable bonds is 4. The van der Waals surface area contributed by atoms with Crippen LogP contribution in [-0.4, -0.2) is 4.98 Å².